The molecule has 2 aromatic heterocycles. The Balaban J connectivity index is 2.04. The van der Waals surface area contributed by atoms with E-state index in [9.17, 15) is 0 Å². The normalized spacial score (nSPS) is 11.1. The highest BCUT2D eigenvalue weighted by atomic mass is 35.5. The van der Waals surface area contributed by atoms with Gasteiger partial charge in [-0.1, -0.05) is 23.7 Å². The smallest absolute Gasteiger partial charge is 0.102 e. The molecule has 0 aliphatic carbocycles. The third-order valence-electron chi connectivity index (χ3n) is 3.49. The van der Waals surface area contributed by atoms with Gasteiger partial charge in [0.1, 0.15) is 5.69 Å². The highest BCUT2D eigenvalue weighted by Crippen LogP contribution is 2.28. The van der Waals surface area contributed by atoms with Crippen LogP contribution in [0.5, 0.6) is 0 Å². The van der Waals surface area contributed by atoms with Crippen LogP contribution in [0.4, 0.5) is 0 Å². The highest BCUT2D eigenvalue weighted by Gasteiger charge is 2.12. The first-order valence-corrected chi connectivity index (χ1v) is 7.44. The number of nitrogens with two attached hydrogens (primary N) is 1. The fourth-order valence-corrected chi connectivity index (χ4v) is 2.55. The summed E-state index contributed by atoms with van der Waals surface area (Å²) < 4.78 is 2.04. The third-order valence-corrected chi connectivity index (χ3v) is 3.75. The van der Waals surface area contributed by atoms with Crippen LogP contribution in [0.25, 0.3) is 22.2 Å². The van der Waals surface area contributed by atoms with E-state index < -0.39 is 0 Å². The van der Waals surface area contributed by atoms with Gasteiger partial charge in [-0.3, -0.25) is 9.67 Å². The van der Waals surface area contributed by atoms with E-state index in [1.807, 2.05) is 41.2 Å². The van der Waals surface area contributed by atoms with Gasteiger partial charge in [-0.15, -0.1) is 0 Å². The lowest BCUT2D eigenvalue weighted by atomic mass is 10.1. The van der Waals surface area contributed by atoms with Crippen LogP contribution in [0.3, 0.4) is 0 Å². The zero-order valence-corrected chi connectivity index (χ0v) is 12.4. The van der Waals surface area contributed by atoms with Crippen molar-refractivity contribution in [3.63, 3.8) is 0 Å². The van der Waals surface area contributed by atoms with Crippen molar-refractivity contribution < 1.29 is 0 Å². The third kappa shape index (κ3) is 2.91. The minimum atomic E-state index is 0.713. The first-order chi connectivity index (χ1) is 10.3. The number of benzene rings is 1. The molecule has 0 amide bonds. The van der Waals surface area contributed by atoms with Gasteiger partial charge in [0.15, 0.2) is 0 Å². The molecule has 0 saturated heterocycles. The predicted octanol–water partition coefficient (Wildman–Crippen LogP) is 3.49. The molecular weight excluding hydrogens is 284 g/mol. The largest absolute Gasteiger partial charge is 0.330 e. The molecule has 3 aromatic rings. The molecule has 3 rings (SSSR count). The second-order valence-electron chi connectivity index (χ2n) is 4.97. The summed E-state index contributed by atoms with van der Waals surface area (Å²) in [6.07, 6.45) is 5.69. The molecule has 2 heterocycles. The van der Waals surface area contributed by atoms with Crippen LogP contribution in [0.15, 0.2) is 42.7 Å². The van der Waals surface area contributed by atoms with Crippen molar-refractivity contribution in [1.82, 2.24) is 14.8 Å². The van der Waals surface area contributed by atoms with Crippen LogP contribution in [0.2, 0.25) is 5.02 Å². The number of rotatable bonds is 5. The summed E-state index contributed by atoms with van der Waals surface area (Å²) in [7, 11) is 0. The number of nitrogens with zero attached hydrogens (tertiary/aromatic N) is 3. The Bertz CT molecular complexity index is 734. The van der Waals surface area contributed by atoms with Crippen LogP contribution in [0.1, 0.15) is 12.8 Å². The van der Waals surface area contributed by atoms with Gasteiger partial charge in [0, 0.05) is 34.9 Å². The number of aromatic nitrogens is 3. The molecular formula is C16H17ClN4. The summed E-state index contributed by atoms with van der Waals surface area (Å²) in [5, 5.41) is 6.54. The summed E-state index contributed by atoms with van der Waals surface area (Å²) in [4.78, 5) is 4.23. The average molecular weight is 301 g/mol. The lowest BCUT2D eigenvalue weighted by molar-refractivity contribution is 0.578. The zero-order valence-electron chi connectivity index (χ0n) is 11.7. The maximum Gasteiger partial charge on any atom is 0.102 e. The summed E-state index contributed by atoms with van der Waals surface area (Å²) in [5.74, 6) is 0. The predicted molar refractivity (Wildman–Crippen MR) is 86.3 cm³/mol. The second kappa shape index (κ2) is 6.24. The fourth-order valence-electron chi connectivity index (χ4n) is 2.42. The van der Waals surface area contributed by atoms with E-state index in [0.717, 1.165) is 46.6 Å². The van der Waals surface area contributed by atoms with Gasteiger partial charge in [-0.25, -0.2) is 0 Å². The van der Waals surface area contributed by atoms with Crippen molar-refractivity contribution >= 4 is 22.5 Å². The van der Waals surface area contributed by atoms with Crippen LogP contribution in [-0.2, 0) is 6.54 Å². The molecule has 0 bridgehead atoms. The fraction of sp³-hybridized carbons (Fsp3) is 0.250. The number of unbranched alkanes of at least 4 members (excludes halogenated alkanes) is 1. The van der Waals surface area contributed by atoms with Gasteiger partial charge in [0.05, 0.1) is 5.52 Å². The van der Waals surface area contributed by atoms with Gasteiger partial charge >= 0.3 is 0 Å². The van der Waals surface area contributed by atoms with Gasteiger partial charge in [0.25, 0.3) is 0 Å². The first-order valence-electron chi connectivity index (χ1n) is 7.06. The molecule has 2 N–H and O–H groups in total. The Labute approximate surface area is 128 Å². The van der Waals surface area contributed by atoms with Crippen LogP contribution in [0, 0.1) is 0 Å². The highest BCUT2D eigenvalue weighted by molar-refractivity contribution is 6.30. The molecule has 0 aliphatic heterocycles. The van der Waals surface area contributed by atoms with Crippen molar-refractivity contribution in [3.8, 4) is 11.3 Å². The number of hydrogen-bond donors (Lipinski definition) is 1. The lowest BCUT2D eigenvalue weighted by Crippen LogP contribution is -2.04. The van der Waals surface area contributed by atoms with E-state index in [2.05, 4.69) is 4.98 Å². The number of hydrogen-bond acceptors (Lipinski definition) is 3. The van der Waals surface area contributed by atoms with Crippen LogP contribution in [-0.4, -0.2) is 21.3 Å². The Morgan fingerprint density at radius 2 is 1.90 bits per heavy atom. The van der Waals surface area contributed by atoms with E-state index in [1.54, 1.807) is 6.20 Å². The SMILES string of the molecule is NCCCCn1nc(-c2ccc(Cl)cc2)c2cnccc21. The van der Waals surface area contributed by atoms with E-state index >= 15 is 0 Å². The topological polar surface area (TPSA) is 56.7 Å². The Hall–Kier alpha value is -1.91. The number of halogens is 1. The second-order valence-corrected chi connectivity index (χ2v) is 5.40. The molecule has 4 nitrogen and oxygen atoms in total. The molecule has 21 heavy (non-hydrogen) atoms. The quantitative estimate of drug-likeness (QED) is 0.734. The summed E-state index contributed by atoms with van der Waals surface area (Å²) in [6, 6.07) is 9.74. The Morgan fingerprint density at radius 1 is 1.10 bits per heavy atom. The standard InChI is InChI=1S/C16H17ClN4/c17-13-5-3-12(4-6-13)16-14-11-19-9-7-15(14)21(20-16)10-2-1-8-18/h3-7,9,11H,1-2,8,10,18H2. The van der Waals surface area contributed by atoms with Crippen molar-refractivity contribution in [2.45, 2.75) is 19.4 Å². The summed E-state index contributed by atoms with van der Waals surface area (Å²) >= 11 is 5.96. The van der Waals surface area contributed by atoms with E-state index in [4.69, 9.17) is 22.4 Å². The van der Waals surface area contributed by atoms with Crippen molar-refractivity contribution in [3.05, 3.63) is 47.7 Å². The molecule has 1 aromatic carbocycles. The molecule has 0 radical (unpaired) electrons. The maximum atomic E-state index is 5.96. The Morgan fingerprint density at radius 3 is 2.67 bits per heavy atom. The van der Waals surface area contributed by atoms with E-state index in [-0.39, 0.29) is 0 Å². The average Bonchev–Trinajstić information content (AvgIpc) is 2.88. The molecule has 108 valence electrons. The molecule has 0 fully saturated rings. The monoisotopic (exact) mass is 300 g/mol. The minimum Gasteiger partial charge on any atom is -0.330 e. The lowest BCUT2D eigenvalue weighted by Gasteiger charge is -2.02. The number of pyridine rings is 1. The molecule has 0 saturated carbocycles. The maximum absolute atomic E-state index is 5.96. The van der Waals surface area contributed by atoms with E-state index in [1.165, 1.54) is 0 Å². The van der Waals surface area contributed by atoms with Crippen molar-refractivity contribution in [1.29, 1.82) is 0 Å². The van der Waals surface area contributed by atoms with Crippen LogP contribution >= 0.6 is 11.6 Å². The van der Waals surface area contributed by atoms with Gasteiger partial charge in [-0.05, 0) is 37.6 Å². The van der Waals surface area contributed by atoms with Gasteiger partial charge < -0.3 is 5.73 Å². The van der Waals surface area contributed by atoms with Gasteiger partial charge in [-0.2, -0.15) is 5.10 Å². The Kier molecular flexibility index (Phi) is 4.18. The molecule has 5 heteroatoms. The summed E-state index contributed by atoms with van der Waals surface area (Å²) in [5.41, 5.74) is 8.66. The first kappa shape index (κ1) is 14.0. The number of fused-ring (bicyclic) bond motifs is 1. The van der Waals surface area contributed by atoms with Gasteiger partial charge in [0.2, 0.25) is 0 Å². The zero-order chi connectivity index (χ0) is 14.7. The minimum absolute atomic E-state index is 0.713. The summed E-state index contributed by atoms with van der Waals surface area (Å²) in [6.45, 7) is 1.58. The molecule has 0 aliphatic rings. The van der Waals surface area contributed by atoms with Crippen LogP contribution < -0.4 is 5.73 Å². The van der Waals surface area contributed by atoms with Crippen molar-refractivity contribution in [2.24, 2.45) is 5.73 Å². The van der Waals surface area contributed by atoms with Crippen molar-refractivity contribution in [2.75, 3.05) is 6.54 Å². The molecule has 0 atom stereocenters. The number of aryl methyl sites for hydroxylation is 1. The molecule has 0 unspecified atom stereocenters. The van der Waals surface area contributed by atoms with E-state index in [0.29, 0.717) is 6.54 Å². The molecule has 0 spiro atoms.